The zero-order valence-corrected chi connectivity index (χ0v) is 16.0. The molecule has 7 heteroatoms. The van der Waals surface area contributed by atoms with Crippen LogP contribution in [0.25, 0.3) is 0 Å². The van der Waals surface area contributed by atoms with Crippen molar-refractivity contribution in [2.24, 2.45) is 0 Å². The maximum atomic E-state index is 13.5. The molecule has 1 fully saturated rings. The van der Waals surface area contributed by atoms with Crippen LogP contribution in [0.1, 0.15) is 5.56 Å². The minimum Gasteiger partial charge on any atom is -0.369 e. The number of likely N-dealkylation sites (N-methyl/N-ethyl adjacent to an activating group) is 1. The maximum absolute atomic E-state index is 13.5. The number of anilines is 2. The summed E-state index contributed by atoms with van der Waals surface area (Å²) in [5.74, 6) is -1.79. The summed E-state index contributed by atoms with van der Waals surface area (Å²) in [6.45, 7) is 4.16. The summed E-state index contributed by atoms with van der Waals surface area (Å²) in [6.07, 6.45) is 0.325. The van der Waals surface area contributed by atoms with E-state index < -0.39 is 11.8 Å². The van der Waals surface area contributed by atoms with E-state index in [1.54, 1.807) is 30.3 Å². The molecule has 1 saturated heterocycles. The van der Waals surface area contributed by atoms with Gasteiger partial charge in [0.25, 0.3) is 0 Å². The first-order valence-electron chi connectivity index (χ1n) is 9.39. The Bertz CT molecular complexity index is 817. The number of amides is 2. The number of hydrogen-bond donors (Lipinski definition) is 2. The van der Waals surface area contributed by atoms with Crippen LogP contribution in [-0.4, -0.2) is 56.5 Å². The van der Waals surface area contributed by atoms with E-state index in [2.05, 4.69) is 27.5 Å². The molecule has 1 heterocycles. The third-order valence-corrected chi connectivity index (χ3v) is 4.84. The molecule has 2 aromatic rings. The average molecular weight is 384 g/mol. The van der Waals surface area contributed by atoms with E-state index in [-0.39, 0.29) is 12.4 Å². The van der Waals surface area contributed by atoms with Crippen LogP contribution in [0.5, 0.6) is 0 Å². The molecule has 0 unspecified atom stereocenters. The molecule has 0 bridgehead atoms. The standard InChI is InChI=1S/C21H25FN4O2/c1-25-12-14-26(15-13-25)18-8-6-17(7-9-18)24-21(28)20(27)23-11-10-16-4-2-3-5-19(16)22/h2-9H,10-15H2,1H3,(H,23,27)(H,24,28). The van der Waals surface area contributed by atoms with Crippen molar-refractivity contribution >= 4 is 23.2 Å². The molecule has 0 aliphatic carbocycles. The van der Waals surface area contributed by atoms with Crippen LogP contribution in [0.4, 0.5) is 15.8 Å². The van der Waals surface area contributed by atoms with Crippen LogP contribution in [0.3, 0.4) is 0 Å². The van der Waals surface area contributed by atoms with Gasteiger partial charge < -0.3 is 20.4 Å². The number of hydrogen-bond acceptors (Lipinski definition) is 4. The first-order valence-corrected chi connectivity index (χ1v) is 9.39. The molecule has 0 radical (unpaired) electrons. The fraction of sp³-hybridized carbons (Fsp3) is 0.333. The predicted octanol–water partition coefficient (Wildman–Crippen LogP) is 1.87. The summed E-state index contributed by atoms with van der Waals surface area (Å²) >= 11 is 0. The summed E-state index contributed by atoms with van der Waals surface area (Å²) in [5, 5.41) is 5.10. The molecule has 28 heavy (non-hydrogen) atoms. The smallest absolute Gasteiger partial charge is 0.313 e. The lowest BCUT2D eigenvalue weighted by molar-refractivity contribution is -0.136. The molecule has 0 aromatic heterocycles. The summed E-state index contributed by atoms with van der Waals surface area (Å²) < 4.78 is 13.5. The number of rotatable bonds is 5. The summed E-state index contributed by atoms with van der Waals surface area (Å²) in [5.41, 5.74) is 2.16. The quantitative estimate of drug-likeness (QED) is 0.773. The van der Waals surface area contributed by atoms with Crippen molar-refractivity contribution in [1.29, 1.82) is 0 Å². The summed E-state index contributed by atoms with van der Waals surface area (Å²) in [6, 6.07) is 13.8. The Kier molecular flexibility index (Phi) is 6.60. The number of benzene rings is 2. The largest absolute Gasteiger partial charge is 0.369 e. The Hall–Kier alpha value is -2.93. The van der Waals surface area contributed by atoms with Crippen LogP contribution < -0.4 is 15.5 Å². The molecule has 1 aliphatic heterocycles. The van der Waals surface area contributed by atoms with Crippen molar-refractivity contribution in [3.8, 4) is 0 Å². The van der Waals surface area contributed by atoms with Crippen molar-refractivity contribution in [2.45, 2.75) is 6.42 Å². The molecule has 3 rings (SSSR count). The zero-order chi connectivity index (χ0) is 19.9. The molecule has 2 aromatic carbocycles. The van der Waals surface area contributed by atoms with Gasteiger partial charge in [-0.2, -0.15) is 0 Å². The first-order chi connectivity index (χ1) is 13.5. The van der Waals surface area contributed by atoms with Crippen molar-refractivity contribution in [3.05, 3.63) is 59.9 Å². The van der Waals surface area contributed by atoms with Crippen LogP contribution >= 0.6 is 0 Å². The second-order valence-electron chi connectivity index (χ2n) is 6.89. The van der Waals surface area contributed by atoms with Gasteiger partial charge in [-0.1, -0.05) is 18.2 Å². The van der Waals surface area contributed by atoms with E-state index in [0.717, 1.165) is 31.9 Å². The summed E-state index contributed by atoms with van der Waals surface area (Å²) in [4.78, 5) is 28.5. The van der Waals surface area contributed by atoms with Gasteiger partial charge in [0, 0.05) is 44.1 Å². The lowest BCUT2D eigenvalue weighted by atomic mass is 10.1. The van der Waals surface area contributed by atoms with Crippen LogP contribution in [0.2, 0.25) is 0 Å². The minimum atomic E-state index is -0.737. The number of halogens is 1. The molecule has 0 saturated carbocycles. The lowest BCUT2D eigenvalue weighted by Gasteiger charge is -2.34. The topological polar surface area (TPSA) is 64.7 Å². The Morgan fingerprint density at radius 3 is 2.32 bits per heavy atom. The average Bonchev–Trinajstić information content (AvgIpc) is 2.70. The lowest BCUT2D eigenvalue weighted by Crippen LogP contribution is -2.44. The minimum absolute atomic E-state index is 0.190. The molecule has 6 nitrogen and oxygen atoms in total. The molecular weight excluding hydrogens is 359 g/mol. The highest BCUT2D eigenvalue weighted by Gasteiger charge is 2.16. The zero-order valence-electron chi connectivity index (χ0n) is 16.0. The second-order valence-corrected chi connectivity index (χ2v) is 6.89. The molecule has 0 atom stereocenters. The van der Waals surface area contributed by atoms with Gasteiger partial charge in [0.05, 0.1) is 0 Å². The van der Waals surface area contributed by atoms with Crippen molar-refractivity contribution in [2.75, 3.05) is 50.0 Å². The number of nitrogens with one attached hydrogen (secondary N) is 2. The highest BCUT2D eigenvalue weighted by molar-refractivity contribution is 6.39. The van der Waals surface area contributed by atoms with Crippen molar-refractivity contribution in [1.82, 2.24) is 10.2 Å². The van der Waals surface area contributed by atoms with E-state index in [9.17, 15) is 14.0 Å². The predicted molar refractivity (Wildman–Crippen MR) is 108 cm³/mol. The summed E-state index contributed by atoms with van der Waals surface area (Å²) in [7, 11) is 2.11. The second kappa shape index (κ2) is 9.32. The Morgan fingerprint density at radius 2 is 1.64 bits per heavy atom. The van der Waals surface area contributed by atoms with Gasteiger partial charge in [-0.05, 0) is 49.4 Å². The van der Waals surface area contributed by atoms with Gasteiger partial charge in [-0.15, -0.1) is 0 Å². The number of carbonyl (C=O) groups is 2. The van der Waals surface area contributed by atoms with E-state index in [0.29, 0.717) is 17.7 Å². The van der Waals surface area contributed by atoms with Gasteiger partial charge in [-0.25, -0.2) is 4.39 Å². The van der Waals surface area contributed by atoms with Gasteiger partial charge >= 0.3 is 11.8 Å². The van der Waals surface area contributed by atoms with Crippen LogP contribution in [0.15, 0.2) is 48.5 Å². The number of carbonyl (C=O) groups excluding carboxylic acids is 2. The van der Waals surface area contributed by atoms with E-state index in [1.807, 2.05) is 12.1 Å². The SMILES string of the molecule is CN1CCN(c2ccc(NC(=O)C(=O)NCCc3ccccc3F)cc2)CC1. The van der Waals surface area contributed by atoms with E-state index in [4.69, 9.17) is 0 Å². The normalized spacial score (nSPS) is 14.6. The third kappa shape index (κ3) is 5.29. The maximum Gasteiger partial charge on any atom is 0.313 e. The molecule has 1 aliphatic rings. The van der Waals surface area contributed by atoms with Crippen molar-refractivity contribution < 1.29 is 14.0 Å². The van der Waals surface area contributed by atoms with Gasteiger partial charge in [0.2, 0.25) is 0 Å². The van der Waals surface area contributed by atoms with Gasteiger partial charge in [-0.3, -0.25) is 9.59 Å². The fourth-order valence-corrected chi connectivity index (χ4v) is 3.10. The number of nitrogens with zero attached hydrogens (tertiary/aromatic N) is 2. The highest BCUT2D eigenvalue weighted by atomic mass is 19.1. The first kappa shape index (κ1) is 19.8. The molecule has 0 spiro atoms. The monoisotopic (exact) mass is 384 g/mol. The Morgan fingerprint density at radius 1 is 0.964 bits per heavy atom. The molecule has 2 amide bonds. The highest BCUT2D eigenvalue weighted by Crippen LogP contribution is 2.19. The third-order valence-electron chi connectivity index (χ3n) is 4.84. The van der Waals surface area contributed by atoms with E-state index in [1.165, 1.54) is 6.07 Å². The Labute approximate surface area is 164 Å². The number of piperazine rings is 1. The van der Waals surface area contributed by atoms with E-state index >= 15 is 0 Å². The fourth-order valence-electron chi connectivity index (χ4n) is 3.10. The van der Waals surface area contributed by atoms with Gasteiger partial charge in [0.1, 0.15) is 5.82 Å². The Balaban J connectivity index is 1.46. The van der Waals surface area contributed by atoms with Crippen LogP contribution in [0, 0.1) is 5.82 Å². The van der Waals surface area contributed by atoms with Gasteiger partial charge in [0.15, 0.2) is 0 Å². The molecule has 2 N–H and O–H groups in total. The van der Waals surface area contributed by atoms with Crippen molar-refractivity contribution in [3.63, 3.8) is 0 Å². The molecule has 148 valence electrons. The molecular formula is C21H25FN4O2. The van der Waals surface area contributed by atoms with Crippen LogP contribution in [-0.2, 0) is 16.0 Å².